The summed E-state index contributed by atoms with van der Waals surface area (Å²) in [6.45, 7) is 1.59. The highest BCUT2D eigenvalue weighted by Crippen LogP contribution is 2.22. The van der Waals surface area contributed by atoms with E-state index in [0.717, 1.165) is 0 Å². The van der Waals surface area contributed by atoms with E-state index in [9.17, 15) is 14.4 Å². The molecule has 1 aromatic rings. The number of ketones is 1. The van der Waals surface area contributed by atoms with E-state index in [-0.39, 0.29) is 5.78 Å². The van der Waals surface area contributed by atoms with Crippen molar-refractivity contribution in [3.63, 3.8) is 0 Å². The van der Waals surface area contributed by atoms with Crippen molar-refractivity contribution in [1.29, 1.82) is 0 Å². The predicted octanol–water partition coefficient (Wildman–Crippen LogP) is 2.83. The second kappa shape index (κ2) is 6.28. The van der Waals surface area contributed by atoms with Crippen molar-refractivity contribution >= 4 is 17.7 Å². The molecule has 2 rings (SSSR count). The predicted molar refractivity (Wildman–Crippen MR) is 73.0 cm³/mol. The second-order valence-corrected chi connectivity index (χ2v) is 4.78. The molecule has 4 nitrogen and oxygen atoms in total. The highest BCUT2D eigenvalue weighted by atomic mass is 16.6. The number of esters is 2. The van der Waals surface area contributed by atoms with Crippen molar-refractivity contribution < 1.29 is 19.1 Å². The molecule has 104 valence electrons. The van der Waals surface area contributed by atoms with E-state index < -0.39 is 11.9 Å². The third-order valence-corrected chi connectivity index (χ3v) is 3.37. The summed E-state index contributed by atoms with van der Waals surface area (Å²) in [5.41, 5.74) is 1.55. The lowest BCUT2D eigenvalue weighted by Gasteiger charge is -2.02. The third-order valence-electron chi connectivity index (χ3n) is 3.37. The summed E-state index contributed by atoms with van der Waals surface area (Å²) in [5, 5.41) is 0. The van der Waals surface area contributed by atoms with Crippen LogP contribution in [0.25, 0.3) is 0 Å². The molecule has 0 fully saturated rings. The van der Waals surface area contributed by atoms with E-state index in [2.05, 4.69) is 4.74 Å². The van der Waals surface area contributed by atoms with Crippen LogP contribution in [0.2, 0.25) is 0 Å². The van der Waals surface area contributed by atoms with E-state index in [1.54, 1.807) is 19.1 Å². The SMILES string of the molecule is CC1=C(CCCCC(=O)c2ccccc2)C(=O)OC1=O. The standard InChI is InChI=1S/C16H16O4/c1-11-13(16(19)20-15(11)18)9-5-6-10-14(17)12-7-3-2-4-8-12/h2-4,7-8H,5-6,9-10H2,1H3. The molecule has 4 heteroatoms. The van der Waals surface area contributed by atoms with Gasteiger partial charge in [-0.3, -0.25) is 4.79 Å². The number of cyclic esters (lactones) is 2. The molecule has 1 heterocycles. The van der Waals surface area contributed by atoms with E-state index in [0.29, 0.717) is 42.4 Å². The molecule has 20 heavy (non-hydrogen) atoms. The highest BCUT2D eigenvalue weighted by molar-refractivity contribution is 6.11. The van der Waals surface area contributed by atoms with Crippen molar-refractivity contribution in [3.8, 4) is 0 Å². The minimum atomic E-state index is -0.551. The molecular weight excluding hydrogens is 256 g/mol. The molecule has 0 amide bonds. The van der Waals surface area contributed by atoms with Gasteiger partial charge in [-0.15, -0.1) is 0 Å². The quantitative estimate of drug-likeness (QED) is 0.346. The number of hydrogen-bond donors (Lipinski definition) is 0. The molecule has 0 saturated carbocycles. The van der Waals surface area contributed by atoms with Gasteiger partial charge in [0.05, 0.1) is 0 Å². The smallest absolute Gasteiger partial charge is 0.342 e. The van der Waals surface area contributed by atoms with E-state index in [1.807, 2.05) is 18.2 Å². The number of Topliss-reactive ketones (excluding diaryl/α,β-unsaturated/α-hetero) is 1. The van der Waals surface area contributed by atoms with Gasteiger partial charge in [0.25, 0.3) is 0 Å². The summed E-state index contributed by atoms with van der Waals surface area (Å²) in [6, 6.07) is 9.13. The maximum absolute atomic E-state index is 11.9. The van der Waals surface area contributed by atoms with Gasteiger partial charge in [-0.05, 0) is 26.2 Å². The highest BCUT2D eigenvalue weighted by Gasteiger charge is 2.28. The van der Waals surface area contributed by atoms with Crippen molar-refractivity contribution in [2.24, 2.45) is 0 Å². The van der Waals surface area contributed by atoms with Crippen molar-refractivity contribution in [2.75, 3.05) is 0 Å². The summed E-state index contributed by atoms with van der Waals surface area (Å²) in [4.78, 5) is 34.4. The Morgan fingerprint density at radius 3 is 2.35 bits per heavy atom. The van der Waals surface area contributed by atoms with Gasteiger partial charge < -0.3 is 4.74 Å². The first-order valence-corrected chi connectivity index (χ1v) is 6.64. The monoisotopic (exact) mass is 272 g/mol. The molecule has 0 N–H and O–H groups in total. The number of rotatable bonds is 6. The fourth-order valence-corrected chi connectivity index (χ4v) is 2.14. The molecule has 0 atom stereocenters. The number of hydrogen-bond acceptors (Lipinski definition) is 4. The van der Waals surface area contributed by atoms with Gasteiger partial charge in [-0.25, -0.2) is 9.59 Å². The van der Waals surface area contributed by atoms with Gasteiger partial charge in [-0.1, -0.05) is 30.3 Å². The lowest BCUT2D eigenvalue weighted by Crippen LogP contribution is -2.02. The van der Waals surface area contributed by atoms with E-state index in [1.165, 1.54) is 0 Å². The summed E-state index contributed by atoms with van der Waals surface area (Å²) in [7, 11) is 0. The largest absolute Gasteiger partial charge is 0.386 e. The van der Waals surface area contributed by atoms with Crippen molar-refractivity contribution in [3.05, 3.63) is 47.0 Å². The summed E-state index contributed by atoms with van der Waals surface area (Å²) >= 11 is 0. The third kappa shape index (κ3) is 3.20. The Kier molecular flexibility index (Phi) is 4.45. The van der Waals surface area contributed by atoms with Gasteiger partial charge in [0.2, 0.25) is 0 Å². The fraction of sp³-hybridized carbons (Fsp3) is 0.312. The molecule has 1 aromatic carbocycles. The van der Waals surface area contributed by atoms with Crippen LogP contribution in [0, 0.1) is 0 Å². The average Bonchev–Trinajstić information content (AvgIpc) is 2.70. The number of ether oxygens (including phenoxy) is 1. The molecular formula is C16H16O4. The molecule has 0 unspecified atom stereocenters. The molecule has 1 aliphatic rings. The summed E-state index contributed by atoms with van der Waals surface area (Å²) in [6.07, 6.45) is 2.30. The van der Waals surface area contributed by atoms with Crippen LogP contribution < -0.4 is 0 Å². The van der Waals surface area contributed by atoms with Crippen molar-refractivity contribution in [2.45, 2.75) is 32.6 Å². The van der Waals surface area contributed by atoms with Crippen LogP contribution in [0.15, 0.2) is 41.5 Å². The molecule has 1 aliphatic heterocycles. The molecule has 0 aromatic heterocycles. The Morgan fingerprint density at radius 2 is 1.75 bits per heavy atom. The van der Waals surface area contributed by atoms with Crippen LogP contribution in [0.5, 0.6) is 0 Å². The Balaban J connectivity index is 1.79. The Labute approximate surface area is 117 Å². The van der Waals surface area contributed by atoms with Crippen LogP contribution in [-0.4, -0.2) is 17.7 Å². The number of unbranched alkanes of at least 4 members (excludes halogenated alkanes) is 1. The number of benzene rings is 1. The van der Waals surface area contributed by atoms with E-state index >= 15 is 0 Å². The second-order valence-electron chi connectivity index (χ2n) is 4.78. The maximum atomic E-state index is 11.9. The molecule has 0 saturated heterocycles. The normalized spacial score (nSPS) is 14.7. The van der Waals surface area contributed by atoms with Gasteiger partial charge in [0, 0.05) is 23.1 Å². The Bertz CT molecular complexity index is 569. The van der Waals surface area contributed by atoms with Gasteiger partial charge in [0.15, 0.2) is 5.78 Å². The van der Waals surface area contributed by atoms with Crippen LogP contribution in [0.4, 0.5) is 0 Å². The van der Waals surface area contributed by atoms with Gasteiger partial charge in [0.1, 0.15) is 0 Å². The first-order valence-electron chi connectivity index (χ1n) is 6.64. The zero-order valence-corrected chi connectivity index (χ0v) is 11.3. The molecule has 0 aliphatic carbocycles. The van der Waals surface area contributed by atoms with Gasteiger partial charge in [-0.2, -0.15) is 0 Å². The van der Waals surface area contributed by atoms with Crippen molar-refractivity contribution in [1.82, 2.24) is 0 Å². The zero-order chi connectivity index (χ0) is 14.5. The van der Waals surface area contributed by atoms with E-state index in [4.69, 9.17) is 0 Å². The van der Waals surface area contributed by atoms with Crippen LogP contribution in [0.3, 0.4) is 0 Å². The Morgan fingerprint density at radius 1 is 1.05 bits per heavy atom. The zero-order valence-electron chi connectivity index (χ0n) is 11.3. The average molecular weight is 272 g/mol. The molecule has 0 bridgehead atoms. The lowest BCUT2D eigenvalue weighted by atomic mass is 10.0. The minimum Gasteiger partial charge on any atom is -0.386 e. The van der Waals surface area contributed by atoms with Crippen LogP contribution in [0.1, 0.15) is 43.0 Å². The first-order chi connectivity index (χ1) is 9.59. The van der Waals surface area contributed by atoms with Gasteiger partial charge >= 0.3 is 11.9 Å². The Hall–Kier alpha value is -2.23. The van der Waals surface area contributed by atoms with Crippen LogP contribution in [-0.2, 0) is 14.3 Å². The minimum absolute atomic E-state index is 0.0985. The summed E-state index contributed by atoms with van der Waals surface area (Å²) in [5.74, 6) is -0.992. The number of carbonyl (C=O) groups is 3. The molecule has 0 radical (unpaired) electrons. The van der Waals surface area contributed by atoms with Crippen LogP contribution >= 0.6 is 0 Å². The molecule has 0 spiro atoms. The fourth-order valence-electron chi connectivity index (χ4n) is 2.14. The maximum Gasteiger partial charge on any atom is 0.342 e. The topological polar surface area (TPSA) is 60.4 Å². The lowest BCUT2D eigenvalue weighted by molar-refractivity contribution is -0.151. The first kappa shape index (κ1) is 14.2. The summed E-state index contributed by atoms with van der Waals surface area (Å²) < 4.78 is 4.51. The number of carbonyl (C=O) groups excluding carboxylic acids is 3.